The van der Waals surface area contributed by atoms with Gasteiger partial charge in [0.1, 0.15) is 5.75 Å². The fraction of sp³-hybridized carbons (Fsp3) is 0.300. The Kier molecular flexibility index (Phi) is 8.36. The summed E-state index contributed by atoms with van der Waals surface area (Å²) in [6, 6.07) is 13.1. The van der Waals surface area contributed by atoms with Crippen LogP contribution in [0.3, 0.4) is 0 Å². The lowest BCUT2D eigenvalue weighted by atomic mass is 10.1. The average molecular weight is 404 g/mol. The van der Waals surface area contributed by atoms with E-state index in [1.807, 2.05) is 42.5 Å². The minimum atomic E-state index is -0.186. The first-order valence-corrected chi connectivity index (χ1v) is 9.13. The van der Waals surface area contributed by atoms with Crippen LogP contribution in [0, 0.1) is 0 Å². The standard InChI is InChI=1S/C20H25N3O4S/c1-25-16-7-4-14(5-8-16)13-19(24)22-23-20(28)21-11-10-15-6-9-17(26-2)18(12-15)27-3/h4-9,12H,10-11,13H2,1-3H3,(H,22,24)(H2,21,23,28). The number of hydrogen-bond donors (Lipinski definition) is 3. The van der Waals surface area contributed by atoms with Crippen LogP contribution in [0.2, 0.25) is 0 Å². The van der Waals surface area contributed by atoms with Crippen molar-refractivity contribution in [1.29, 1.82) is 0 Å². The van der Waals surface area contributed by atoms with Crippen LogP contribution in [0.5, 0.6) is 17.2 Å². The molecule has 0 aliphatic carbocycles. The van der Waals surface area contributed by atoms with Crippen molar-refractivity contribution in [3.8, 4) is 17.2 Å². The maximum atomic E-state index is 12.0. The van der Waals surface area contributed by atoms with Gasteiger partial charge in [0.25, 0.3) is 0 Å². The van der Waals surface area contributed by atoms with Gasteiger partial charge in [0.05, 0.1) is 27.8 Å². The fourth-order valence-electron chi connectivity index (χ4n) is 2.50. The molecule has 0 saturated carbocycles. The van der Waals surface area contributed by atoms with E-state index in [1.165, 1.54) is 0 Å². The molecule has 8 heteroatoms. The van der Waals surface area contributed by atoms with Gasteiger partial charge in [-0.05, 0) is 54.0 Å². The summed E-state index contributed by atoms with van der Waals surface area (Å²) in [4.78, 5) is 12.0. The quantitative estimate of drug-likeness (QED) is 0.459. The van der Waals surface area contributed by atoms with Crippen LogP contribution in [0.25, 0.3) is 0 Å². The first-order chi connectivity index (χ1) is 13.5. The molecule has 0 aromatic heterocycles. The number of ether oxygens (including phenoxy) is 3. The van der Waals surface area contributed by atoms with Crippen molar-refractivity contribution in [2.24, 2.45) is 0 Å². The van der Waals surface area contributed by atoms with Gasteiger partial charge in [0, 0.05) is 6.54 Å². The van der Waals surface area contributed by atoms with Crippen LogP contribution in [-0.4, -0.2) is 38.9 Å². The molecule has 0 unspecified atom stereocenters. The van der Waals surface area contributed by atoms with E-state index in [0.717, 1.165) is 23.3 Å². The predicted molar refractivity (Wildman–Crippen MR) is 112 cm³/mol. The highest BCUT2D eigenvalue weighted by atomic mass is 32.1. The molecule has 2 aromatic carbocycles. The highest BCUT2D eigenvalue weighted by Gasteiger charge is 2.06. The van der Waals surface area contributed by atoms with E-state index >= 15 is 0 Å². The van der Waals surface area contributed by atoms with Crippen molar-refractivity contribution in [2.45, 2.75) is 12.8 Å². The summed E-state index contributed by atoms with van der Waals surface area (Å²) >= 11 is 5.18. The molecule has 0 spiro atoms. The molecule has 3 N–H and O–H groups in total. The Balaban J connectivity index is 1.70. The van der Waals surface area contributed by atoms with E-state index in [-0.39, 0.29) is 12.3 Å². The highest BCUT2D eigenvalue weighted by Crippen LogP contribution is 2.27. The Hall–Kier alpha value is -3.00. The molecule has 150 valence electrons. The first-order valence-electron chi connectivity index (χ1n) is 8.72. The average Bonchev–Trinajstić information content (AvgIpc) is 2.72. The second-order valence-corrected chi connectivity index (χ2v) is 6.30. The molecule has 0 atom stereocenters. The smallest absolute Gasteiger partial charge is 0.242 e. The zero-order valence-electron chi connectivity index (χ0n) is 16.2. The molecule has 7 nitrogen and oxygen atoms in total. The summed E-state index contributed by atoms with van der Waals surface area (Å²) < 4.78 is 15.6. The fourth-order valence-corrected chi connectivity index (χ4v) is 2.65. The SMILES string of the molecule is COc1ccc(CC(=O)NNC(=S)NCCc2ccc(OC)c(OC)c2)cc1. The molecule has 0 fully saturated rings. The second-order valence-electron chi connectivity index (χ2n) is 5.89. The number of thiocarbonyl (C=S) groups is 1. The Morgan fingerprint density at radius 3 is 2.21 bits per heavy atom. The van der Waals surface area contributed by atoms with E-state index in [4.69, 9.17) is 26.4 Å². The van der Waals surface area contributed by atoms with Crippen LogP contribution >= 0.6 is 12.2 Å². The monoisotopic (exact) mass is 403 g/mol. The van der Waals surface area contributed by atoms with Crippen molar-refractivity contribution in [2.75, 3.05) is 27.9 Å². The van der Waals surface area contributed by atoms with Gasteiger partial charge in [-0.1, -0.05) is 18.2 Å². The van der Waals surface area contributed by atoms with Gasteiger partial charge in [-0.25, -0.2) is 0 Å². The van der Waals surface area contributed by atoms with Crippen molar-refractivity contribution in [3.05, 3.63) is 53.6 Å². The van der Waals surface area contributed by atoms with Crippen LogP contribution in [0.1, 0.15) is 11.1 Å². The normalized spacial score (nSPS) is 9.96. The molecule has 1 amide bonds. The molecule has 2 aromatic rings. The summed E-state index contributed by atoms with van der Waals surface area (Å²) in [6.45, 7) is 0.607. The number of methoxy groups -OCH3 is 3. The summed E-state index contributed by atoms with van der Waals surface area (Å²) in [7, 11) is 4.81. The van der Waals surface area contributed by atoms with Gasteiger partial charge in [-0.15, -0.1) is 0 Å². The van der Waals surface area contributed by atoms with Crippen molar-refractivity contribution < 1.29 is 19.0 Å². The number of carbonyl (C=O) groups is 1. The number of hydrazine groups is 1. The van der Waals surface area contributed by atoms with Crippen LogP contribution < -0.4 is 30.4 Å². The molecule has 2 rings (SSSR count). The third-order valence-electron chi connectivity index (χ3n) is 3.99. The van der Waals surface area contributed by atoms with Crippen molar-refractivity contribution in [3.63, 3.8) is 0 Å². The van der Waals surface area contributed by atoms with Crippen molar-refractivity contribution in [1.82, 2.24) is 16.2 Å². The summed E-state index contributed by atoms with van der Waals surface area (Å²) in [6.07, 6.45) is 0.979. The van der Waals surface area contributed by atoms with Crippen LogP contribution in [-0.2, 0) is 17.6 Å². The molecular weight excluding hydrogens is 378 g/mol. The lowest BCUT2D eigenvalue weighted by molar-refractivity contribution is -0.121. The van der Waals surface area contributed by atoms with E-state index in [1.54, 1.807) is 21.3 Å². The van der Waals surface area contributed by atoms with Gasteiger partial charge >= 0.3 is 0 Å². The number of carbonyl (C=O) groups excluding carboxylic acids is 1. The minimum absolute atomic E-state index is 0.186. The van der Waals surface area contributed by atoms with Gasteiger partial charge in [0.2, 0.25) is 5.91 Å². The molecule has 0 bridgehead atoms. The topological polar surface area (TPSA) is 80.9 Å². The molecule has 0 heterocycles. The lowest BCUT2D eigenvalue weighted by Crippen LogP contribution is -2.47. The van der Waals surface area contributed by atoms with E-state index in [2.05, 4.69) is 16.2 Å². The summed E-state index contributed by atoms with van der Waals surface area (Å²) in [5, 5.41) is 3.40. The Morgan fingerprint density at radius 1 is 0.893 bits per heavy atom. The van der Waals surface area contributed by atoms with E-state index < -0.39 is 0 Å². The zero-order valence-corrected chi connectivity index (χ0v) is 17.0. The number of hydrogen-bond acceptors (Lipinski definition) is 5. The van der Waals surface area contributed by atoms with Gasteiger partial charge in [-0.3, -0.25) is 15.6 Å². The molecule has 0 aliphatic heterocycles. The molecule has 0 saturated heterocycles. The zero-order chi connectivity index (χ0) is 20.4. The van der Waals surface area contributed by atoms with Gasteiger partial charge in [-0.2, -0.15) is 0 Å². The number of rotatable bonds is 8. The third kappa shape index (κ3) is 6.62. The van der Waals surface area contributed by atoms with Crippen molar-refractivity contribution >= 4 is 23.2 Å². The van der Waals surface area contributed by atoms with E-state index in [0.29, 0.717) is 23.2 Å². The molecule has 0 radical (unpaired) electrons. The summed E-state index contributed by atoms with van der Waals surface area (Å²) in [5.74, 6) is 1.94. The van der Waals surface area contributed by atoms with E-state index in [9.17, 15) is 4.79 Å². The second kappa shape index (κ2) is 11.0. The maximum Gasteiger partial charge on any atom is 0.242 e. The largest absolute Gasteiger partial charge is 0.497 e. The summed E-state index contributed by atoms with van der Waals surface area (Å²) in [5.41, 5.74) is 7.25. The maximum absolute atomic E-state index is 12.0. The van der Waals surface area contributed by atoms with Crippen LogP contribution in [0.4, 0.5) is 0 Å². The van der Waals surface area contributed by atoms with Crippen LogP contribution in [0.15, 0.2) is 42.5 Å². The Bertz CT molecular complexity index is 797. The molecule has 0 aliphatic rings. The first kappa shape index (κ1) is 21.3. The minimum Gasteiger partial charge on any atom is -0.497 e. The Morgan fingerprint density at radius 2 is 1.57 bits per heavy atom. The molecule has 28 heavy (non-hydrogen) atoms. The van der Waals surface area contributed by atoms with Gasteiger partial charge < -0.3 is 19.5 Å². The Labute approximate surface area is 170 Å². The molecular formula is C20H25N3O4S. The number of benzene rings is 2. The van der Waals surface area contributed by atoms with Gasteiger partial charge in [0.15, 0.2) is 16.6 Å². The lowest BCUT2D eigenvalue weighted by Gasteiger charge is -2.13. The third-order valence-corrected chi connectivity index (χ3v) is 4.23. The predicted octanol–water partition coefficient (Wildman–Crippen LogP) is 1.99. The number of nitrogens with one attached hydrogen (secondary N) is 3. The number of amides is 1. The highest BCUT2D eigenvalue weighted by molar-refractivity contribution is 7.80.